The van der Waals surface area contributed by atoms with Gasteiger partial charge in [-0.1, -0.05) is 5.21 Å². The number of carbonyl (C=O) groups excluding carboxylic acids is 1. The highest BCUT2D eigenvalue weighted by Gasteiger charge is 2.39. The molecular formula is C11H20N3O7P. The molecule has 1 rings (SSSR count). The van der Waals surface area contributed by atoms with Crippen molar-refractivity contribution in [3.63, 3.8) is 0 Å². The van der Waals surface area contributed by atoms with Gasteiger partial charge in [0.25, 0.3) is 0 Å². The van der Waals surface area contributed by atoms with Crippen LogP contribution in [0.25, 0.3) is 0 Å². The molecule has 0 unspecified atom stereocenters. The van der Waals surface area contributed by atoms with Crippen LogP contribution in [0.4, 0.5) is 0 Å². The van der Waals surface area contributed by atoms with Crippen molar-refractivity contribution >= 4 is 13.6 Å². The highest BCUT2D eigenvalue weighted by molar-refractivity contribution is 7.54. The van der Waals surface area contributed by atoms with Crippen LogP contribution in [-0.4, -0.2) is 63.4 Å². The summed E-state index contributed by atoms with van der Waals surface area (Å²) in [5.41, 5.74) is -0.0537. The number of rotatable bonds is 9. The van der Waals surface area contributed by atoms with E-state index in [1.54, 1.807) is 13.8 Å². The van der Waals surface area contributed by atoms with Gasteiger partial charge in [-0.2, -0.15) is 0 Å². The number of methoxy groups -OCH3 is 1. The first-order valence-electron chi connectivity index (χ1n) is 6.61. The Kier molecular flexibility index (Phi) is 7.11. The number of hydrogen-bond acceptors (Lipinski definition) is 9. The van der Waals surface area contributed by atoms with Crippen LogP contribution in [0, 0.1) is 0 Å². The Morgan fingerprint density at radius 2 is 1.95 bits per heavy atom. The van der Waals surface area contributed by atoms with E-state index in [4.69, 9.17) is 9.05 Å². The maximum atomic E-state index is 12.3. The molecule has 0 aromatic carbocycles. The quantitative estimate of drug-likeness (QED) is 0.472. The molecule has 0 saturated heterocycles. The highest BCUT2D eigenvalue weighted by Crippen LogP contribution is 2.53. The van der Waals surface area contributed by atoms with Gasteiger partial charge in [-0.3, -0.25) is 4.57 Å². The summed E-state index contributed by atoms with van der Waals surface area (Å²) in [6.07, 6.45) is -0.259. The molecule has 0 aliphatic carbocycles. The fourth-order valence-electron chi connectivity index (χ4n) is 1.63. The maximum Gasteiger partial charge on any atom is 0.361 e. The maximum absolute atomic E-state index is 12.3. The number of esters is 1. The van der Waals surface area contributed by atoms with Gasteiger partial charge in [0.15, 0.2) is 11.5 Å². The Balaban J connectivity index is 2.78. The molecule has 11 heteroatoms. The summed E-state index contributed by atoms with van der Waals surface area (Å²) in [5.74, 6) is -2.44. The van der Waals surface area contributed by atoms with Crippen LogP contribution in [0.3, 0.4) is 0 Å². The number of aliphatic hydroxyl groups is 2. The molecule has 0 bridgehead atoms. The third-order valence-corrected chi connectivity index (χ3v) is 4.82. The first kappa shape index (κ1) is 18.7. The molecule has 0 spiro atoms. The van der Waals surface area contributed by atoms with Gasteiger partial charge in [0.05, 0.1) is 33.1 Å². The molecule has 2 atom stereocenters. The average molecular weight is 337 g/mol. The SMILES string of the molecule is CCOP(=O)(OCC)[C@@H](O)[C@@H](O)Cn1cc(C(=O)OC)nn1. The molecule has 0 saturated carbocycles. The Morgan fingerprint density at radius 1 is 1.36 bits per heavy atom. The molecule has 1 heterocycles. The minimum absolute atomic E-state index is 0.0525. The minimum atomic E-state index is -3.87. The third kappa shape index (κ3) is 4.59. The third-order valence-electron chi connectivity index (χ3n) is 2.59. The summed E-state index contributed by atoms with van der Waals surface area (Å²) in [6.45, 7) is 3.03. The van der Waals surface area contributed by atoms with Crippen molar-refractivity contribution in [3.8, 4) is 0 Å². The Bertz CT molecular complexity index is 526. The first-order chi connectivity index (χ1) is 10.4. The lowest BCUT2D eigenvalue weighted by Crippen LogP contribution is -2.32. The van der Waals surface area contributed by atoms with E-state index < -0.39 is 25.5 Å². The Hall–Kier alpha value is -1.32. The molecule has 22 heavy (non-hydrogen) atoms. The average Bonchev–Trinajstić information content (AvgIpc) is 2.94. The van der Waals surface area contributed by atoms with E-state index in [0.29, 0.717) is 0 Å². The van der Waals surface area contributed by atoms with Crippen molar-refractivity contribution in [2.75, 3.05) is 20.3 Å². The lowest BCUT2D eigenvalue weighted by Gasteiger charge is -2.25. The molecule has 0 fully saturated rings. The van der Waals surface area contributed by atoms with Crippen molar-refractivity contribution in [2.24, 2.45) is 0 Å². The fraction of sp³-hybridized carbons (Fsp3) is 0.727. The van der Waals surface area contributed by atoms with E-state index in [-0.39, 0.29) is 25.5 Å². The van der Waals surface area contributed by atoms with E-state index in [1.165, 1.54) is 13.3 Å². The van der Waals surface area contributed by atoms with Gasteiger partial charge in [-0.15, -0.1) is 5.10 Å². The molecule has 0 radical (unpaired) electrons. The second-order valence-electron chi connectivity index (χ2n) is 4.17. The van der Waals surface area contributed by atoms with Crippen LogP contribution < -0.4 is 0 Å². The van der Waals surface area contributed by atoms with Crippen LogP contribution in [0.1, 0.15) is 24.3 Å². The number of ether oxygens (including phenoxy) is 1. The predicted octanol–water partition coefficient (Wildman–Crippen LogP) is 0.0101. The first-order valence-corrected chi connectivity index (χ1v) is 8.22. The number of aromatic nitrogens is 3. The lowest BCUT2D eigenvalue weighted by molar-refractivity contribution is 0.0287. The molecule has 126 valence electrons. The van der Waals surface area contributed by atoms with Crippen LogP contribution in [0.2, 0.25) is 0 Å². The highest BCUT2D eigenvalue weighted by atomic mass is 31.2. The predicted molar refractivity (Wildman–Crippen MR) is 74.2 cm³/mol. The zero-order valence-corrected chi connectivity index (χ0v) is 13.5. The summed E-state index contributed by atoms with van der Waals surface area (Å²) in [4.78, 5) is 11.2. The van der Waals surface area contributed by atoms with E-state index in [2.05, 4.69) is 15.0 Å². The zero-order chi connectivity index (χ0) is 16.8. The van der Waals surface area contributed by atoms with Gasteiger partial charge >= 0.3 is 13.6 Å². The number of aliphatic hydroxyl groups excluding tert-OH is 2. The van der Waals surface area contributed by atoms with Gasteiger partial charge in [-0.05, 0) is 13.8 Å². The van der Waals surface area contributed by atoms with E-state index in [9.17, 15) is 19.6 Å². The second kappa shape index (κ2) is 8.35. The van der Waals surface area contributed by atoms with Gasteiger partial charge in [0, 0.05) is 0 Å². The van der Waals surface area contributed by atoms with Crippen LogP contribution in [0.5, 0.6) is 0 Å². The summed E-state index contributed by atoms with van der Waals surface area (Å²) in [7, 11) is -2.67. The normalized spacial score (nSPS) is 14.6. The van der Waals surface area contributed by atoms with Crippen LogP contribution >= 0.6 is 7.60 Å². The Labute approximate surface area is 127 Å². The zero-order valence-electron chi connectivity index (χ0n) is 12.6. The smallest absolute Gasteiger partial charge is 0.361 e. The molecule has 1 aromatic rings. The standard InChI is InChI=1S/C11H20N3O7P/c1-4-20-22(18,21-5-2)11(17)9(15)7-14-6-8(12-13-14)10(16)19-3/h6,9,11,15,17H,4-5,7H2,1-3H3/t9-,11+/m0/s1. The summed E-state index contributed by atoms with van der Waals surface area (Å²) in [6, 6.07) is 0. The van der Waals surface area contributed by atoms with E-state index >= 15 is 0 Å². The van der Waals surface area contributed by atoms with Crippen LogP contribution in [0.15, 0.2) is 6.20 Å². The van der Waals surface area contributed by atoms with Crippen molar-refractivity contribution in [3.05, 3.63) is 11.9 Å². The topological polar surface area (TPSA) is 133 Å². The summed E-state index contributed by atoms with van der Waals surface area (Å²) >= 11 is 0. The van der Waals surface area contributed by atoms with Gasteiger partial charge < -0.3 is 24.0 Å². The molecule has 10 nitrogen and oxygen atoms in total. The summed E-state index contributed by atoms with van der Waals surface area (Å²) in [5, 5.41) is 27.1. The fourth-order valence-corrected chi connectivity index (χ4v) is 3.25. The molecule has 0 aliphatic heterocycles. The van der Waals surface area contributed by atoms with E-state index in [1.807, 2.05) is 0 Å². The van der Waals surface area contributed by atoms with Crippen molar-refractivity contribution in [1.29, 1.82) is 0 Å². The van der Waals surface area contributed by atoms with E-state index in [0.717, 1.165) is 4.68 Å². The van der Waals surface area contributed by atoms with Gasteiger partial charge in [0.1, 0.15) is 6.10 Å². The Morgan fingerprint density at radius 3 is 2.45 bits per heavy atom. The second-order valence-corrected chi connectivity index (χ2v) is 6.30. The number of hydrogen-bond donors (Lipinski definition) is 2. The van der Waals surface area contributed by atoms with Crippen molar-refractivity contribution < 1.29 is 33.4 Å². The molecule has 1 aromatic heterocycles. The minimum Gasteiger partial charge on any atom is -0.464 e. The molecule has 2 N–H and O–H groups in total. The van der Waals surface area contributed by atoms with Crippen LogP contribution in [-0.2, 0) is 24.9 Å². The monoisotopic (exact) mass is 337 g/mol. The number of nitrogens with zero attached hydrogens (tertiary/aromatic N) is 3. The van der Waals surface area contributed by atoms with Crippen molar-refractivity contribution in [1.82, 2.24) is 15.0 Å². The largest absolute Gasteiger partial charge is 0.464 e. The molecule has 0 amide bonds. The van der Waals surface area contributed by atoms with Gasteiger partial charge in [-0.25, -0.2) is 9.48 Å². The lowest BCUT2D eigenvalue weighted by atomic mass is 10.4. The van der Waals surface area contributed by atoms with Gasteiger partial charge in [0.2, 0.25) is 0 Å². The number of carbonyl (C=O) groups is 1. The summed E-state index contributed by atoms with van der Waals surface area (Å²) < 4.78 is 27.8. The molecule has 0 aliphatic rings. The molecular weight excluding hydrogens is 317 g/mol. The van der Waals surface area contributed by atoms with Crippen molar-refractivity contribution in [2.45, 2.75) is 32.3 Å².